The predicted octanol–water partition coefficient (Wildman–Crippen LogP) is 1.46. The molecule has 0 spiro atoms. The molecular formula is C12H18N4O2S2. The minimum Gasteiger partial charge on any atom is -0.381 e. The fourth-order valence-corrected chi connectivity index (χ4v) is 3.62. The summed E-state index contributed by atoms with van der Waals surface area (Å²) in [4.78, 5) is 0.0521. The fraction of sp³-hybridized carbons (Fsp3) is 0.417. The van der Waals surface area contributed by atoms with Gasteiger partial charge in [0.1, 0.15) is 4.90 Å². The molecule has 0 unspecified atom stereocenters. The lowest BCUT2D eigenvalue weighted by molar-refractivity contribution is 0.579. The molecule has 8 heteroatoms. The number of hydrogen-bond donors (Lipinski definition) is 2. The van der Waals surface area contributed by atoms with Crippen molar-refractivity contribution in [3.8, 4) is 0 Å². The van der Waals surface area contributed by atoms with E-state index in [1.54, 1.807) is 16.0 Å². The predicted molar refractivity (Wildman–Crippen MR) is 80.1 cm³/mol. The molecule has 0 saturated carbocycles. The van der Waals surface area contributed by atoms with Gasteiger partial charge in [0, 0.05) is 19.3 Å². The first-order valence-corrected chi connectivity index (χ1v) is 8.79. The van der Waals surface area contributed by atoms with Crippen LogP contribution in [-0.4, -0.2) is 24.7 Å². The number of hydrogen-bond acceptors (Lipinski definition) is 5. The first-order chi connectivity index (χ1) is 9.53. The normalized spacial score (nSPS) is 11.8. The highest BCUT2D eigenvalue weighted by atomic mass is 32.2. The van der Waals surface area contributed by atoms with Crippen molar-refractivity contribution in [3.05, 3.63) is 28.6 Å². The number of thiophene rings is 1. The fourth-order valence-electron chi connectivity index (χ4n) is 1.81. The highest BCUT2D eigenvalue weighted by Crippen LogP contribution is 2.16. The van der Waals surface area contributed by atoms with Crippen molar-refractivity contribution in [2.75, 3.05) is 12.3 Å². The van der Waals surface area contributed by atoms with Gasteiger partial charge in [0.05, 0.1) is 0 Å². The summed E-state index contributed by atoms with van der Waals surface area (Å²) in [6.45, 7) is 2.98. The number of nitrogens with one attached hydrogen (secondary N) is 1. The molecule has 0 saturated heterocycles. The molecule has 0 aliphatic rings. The van der Waals surface area contributed by atoms with Gasteiger partial charge in [-0.05, 0) is 35.2 Å². The zero-order valence-electron chi connectivity index (χ0n) is 11.2. The van der Waals surface area contributed by atoms with E-state index in [9.17, 15) is 8.42 Å². The maximum atomic E-state index is 12.2. The lowest BCUT2D eigenvalue weighted by Gasteiger charge is -2.04. The van der Waals surface area contributed by atoms with Gasteiger partial charge in [0.25, 0.3) is 0 Å². The van der Waals surface area contributed by atoms with E-state index >= 15 is 0 Å². The van der Waals surface area contributed by atoms with Crippen LogP contribution in [0.5, 0.6) is 0 Å². The van der Waals surface area contributed by atoms with E-state index in [1.165, 1.54) is 6.20 Å². The van der Waals surface area contributed by atoms with Gasteiger partial charge < -0.3 is 5.73 Å². The van der Waals surface area contributed by atoms with Crippen LogP contribution in [0.25, 0.3) is 0 Å². The Kier molecular flexibility index (Phi) is 4.79. The van der Waals surface area contributed by atoms with Crippen molar-refractivity contribution < 1.29 is 8.42 Å². The second-order valence-electron chi connectivity index (χ2n) is 4.42. The molecule has 2 rings (SSSR count). The largest absolute Gasteiger partial charge is 0.381 e. The molecular weight excluding hydrogens is 296 g/mol. The average molecular weight is 314 g/mol. The Balaban J connectivity index is 2.02. The summed E-state index contributed by atoms with van der Waals surface area (Å²) in [6.07, 6.45) is 3.00. The van der Waals surface area contributed by atoms with Gasteiger partial charge in [0.15, 0.2) is 5.82 Å². The van der Waals surface area contributed by atoms with Gasteiger partial charge in [0.2, 0.25) is 10.0 Å². The molecule has 0 atom stereocenters. The Morgan fingerprint density at radius 2 is 2.30 bits per heavy atom. The van der Waals surface area contributed by atoms with Crippen molar-refractivity contribution in [1.29, 1.82) is 0 Å². The SMILES string of the molecule is CCCn1cc(S(=O)(=O)NCCc2ccsc2)c(N)n1. The standard InChI is InChI=1S/C12H18N4O2S2/c1-2-6-16-8-11(12(13)15-16)20(17,18)14-5-3-10-4-7-19-9-10/h4,7-9,14H,2-3,5-6H2,1H3,(H2,13,15). The van der Waals surface area contributed by atoms with Crippen LogP contribution in [0.2, 0.25) is 0 Å². The molecule has 0 fully saturated rings. The van der Waals surface area contributed by atoms with Gasteiger partial charge in [-0.3, -0.25) is 4.68 Å². The van der Waals surface area contributed by atoms with E-state index in [2.05, 4.69) is 9.82 Å². The molecule has 6 nitrogen and oxygen atoms in total. The van der Waals surface area contributed by atoms with E-state index in [-0.39, 0.29) is 10.7 Å². The highest BCUT2D eigenvalue weighted by Gasteiger charge is 2.20. The summed E-state index contributed by atoms with van der Waals surface area (Å²) in [5.74, 6) is 0.0430. The van der Waals surface area contributed by atoms with E-state index in [0.717, 1.165) is 12.0 Å². The zero-order valence-corrected chi connectivity index (χ0v) is 12.9. The second-order valence-corrected chi connectivity index (χ2v) is 6.94. The number of nitrogens with zero attached hydrogens (tertiary/aromatic N) is 2. The molecule has 0 aromatic carbocycles. The molecule has 0 amide bonds. The summed E-state index contributed by atoms with van der Waals surface area (Å²) >= 11 is 1.59. The maximum absolute atomic E-state index is 12.2. The smallest absolute Gasteiger partial charge is 0.245 e. The number of anilines is 1. The topological polar surface area (TPSA) is 90.0 Å². The Labute approximate surface area is 122 Å². The molecule has 110 valence electrons. The second kappa shape index (κ2) is 6.38. The van der Waals surface area contributed by atoms with Crippen LogP contribution < -0.4 is 10.5 Å². The Morgan fingerprint density at radius 1 is 1.50 bits per heavy atom. The molecule has 3 N–H and O–H groups in total. The van der Waals surface area contributed by atoms with Crippen LogP contribution in [0.3, 0.4) is 0 Å². The van der Waals surface area contributed by atoms with Gasteiger partial charge in [-0.15, -0.1) is 0 Å². The lowest BCUT2D eigenvalue weighted by atomic mass is 10.2. The highest BCUT2D eigenvalue weighted by molar-refractivity contribution is 7.89. The third-order valence-electron chi connectivity index (χ3n) is 2.78. The number of rotatable bonds is 7. The quantitative estimate of drug-likeness (QED) is 0.809. The Morgan fingerprint density at radius 3 is 2.95 bits per heavy atom. The third kappa shape index (κ3) is 3.59. The summed E-state index contributed by atoms with van der Waals surface area (Å²) < 4.78 is 28.4. The maximum Gasteiger partial charge on any atom is 0.245 e. The van der Waals surface area contributed by atoms with Crippen LogP contribution in [0, 0.1) is 0 Å². The van der Waals surface area contributed by atoms with Crippen LogP contribution in [0.1, 0.15) is 18.9 Å². The van der Waals surface area contributed by atoms with Crippen molar-refractivity contribution in [2.24, 2.45) is 0 Å². The number of nitrogens with two attached hydrogens (primary N) is 1. The first-order valence-electron chi connectivity index (χ1n) is 6.36. The first kappa shape index (κ1) is 15.0. The summed E-state index contributed by atoms with van der Waals surface area (Å²) in [5.41, 5.74) is 6.79. The molecule has 2 heterocycles. The minimum absolute atomic E-state index is 0.0430. The molecule has 0 aliphatic carbocycles. The molecule has 0 bridgehead atoms. The van der Waals surface area contributed by atoms with Crippen LogP contribution in [0.4, 0.5) is 5.82 Å². The molecule has 0 aliphatic heterocycles. The number of sulfonamides is 1. The van der Waals surface area contributed by atoms with Crippen molar-refractivity contribution in [1.82, 2.24) is 14.5 Å². The van der Waals surface area contributed by atoms with Gasteiger partial charge in [-0.1, -0.05) is 6.92 Å². The monoisotopic (exact) mass is 314 g/mol. The molecule has 0 radical (unpaired) electrons. The van der Waals surface area contributed by atoms with Crippen molar-refractivity contribution in [2.45, 2.75) is 31.2 Å². The van der Waals surface area contributed by atoms with Gasteiger partial charge in [-0.25, -0.2) is 13.1 Å². The Hall–Kier alpha value is -1.38. The summed E-state index contributed by atoms with van der Waals surface area (Å²) in [5, 5.41) is 7.97. The number of aromatic nitrogens is 2. The minimum atomic E-state index is -3.60. The van der Waals surface area contributed by atoms with Crippen molar-refractivity contribution in [3.63, 3.8) is 0 Å². The van der Waals surface area contributed by atoms with Gasteiger partial charge >= 0.3 is 0 Å². The van der Waals surface area contributed by atoms with Crippen LogP contribution >= 0.6 is 11.3 Å². The van der Waals surface area contributed by atoms with Crippen LogP contribution in [0.15, 0.2) is 27.9 Å². The molecule has 2 aromatic heterocycles. The van der Waals surface area contributed by atoms with E-state index in [1.807, 2.05) is 23.8 Å². The summed E-state index contributed by atoms with van der Waals surface area (Å²) in [7, 11) is -3.60. The number of nitrogen functional groups attached to an aromatic ring is 1. The zero-order chi connectivity index (χ0) is 14.6. The summed E-state index contributed by atoms with van der Waals surface area (Å²) in [6, 6.07) is 1.98. The Bertz CT molecular complexity index is 647. The lowest BCUT2D eigenvalue weighted by Crippen LogP contribution is -2.26. The molecule has 20 heavy (non-hydrogen) atoms. The average Bonchev–Trinajstić information content (AvgIpc) is 2.99. The van der Waals surface area contributed by atoms with E-state index in [4.69, 9.17) is 5.73 Å². The van der Waals surface area contributed by atoms with E-state index < -0.39 is 10.0 Å². The number of aryl methyl sites for hydroxylation is 1. The third-order valence-corrected chi connectivity index (χ3v) is 4.99. The van der Waals surface area contributed by atoms with E-state index in [0.29, 0.717) is 19.5 Å². The molecule has 2 aromatic rings. The van der Waals surface area contributed by atoms with Gasteiger partial charge in [-0.2, -0.15) is 16.4 Å². The van der Waals surface area contributed by atoms with Crippen molar-refractivity contribution >= 4 is 27.2 Å². The van der Waals surface area contributed by atoms with Crippen LogP contribution in [-0.2, 0) is 23.0 Å².